The first-order valence-corrected chi connectivity index (χ1v) is 9.72. The molecule has 2 aliphatic rings. The Balaban J connectivity index is 1.40. The number of benzene rings is 1. The zero-order chi connectivity index (χ0) is 18.6. The first-order valence-electron chi connectivity index (χ1n) is 9.72. The first kappa shape index (κ1) is 18.0. The maximum atomic E-state index is 13.4. The van der Waals surface area contributed by atoms with Gasteiger partial charge >= 0.3 is 0 Å². The molecule has 0 bridgehead atoms. The van der Waals surface area contributed by atoms with Crippen LogP contribution in [0.15, 0.2) is 24.3 Å². The van der Waals surface area contributed by atoms with E-state index >= 15 is 0 Å². The monoisotopic (exact) mass is 372 g/mol. The van der Waals surface area contributed by atoms with Crippen LogP contribution in [-0.4, -0.2) is 62.1 Å². The van der Waals surface area contributed by atoms with Gasteiger partial charge in [-0.05, 0) is 47.4 Å². The summed E-state index contributed by atoms with van der Waals surface area (Å²) in [5.41, 5.74) is 0.970. The van der Waals surface area contributed by atoms with E-state index in [1.807, 2.05) is 11.0 Å². The number of rotatable bonds is 3. The highest BCUT2D eigenvalue weighted by atomic mass is 19.1. The molecule has 1 atom stereocenters. The first-order chi connectivity index (χ1) is 13.2. The number of carbonyl (C=O) groups excluding carboxylic acids is 1. The van der Waals surface area contributed by atoms with Gasteiger partial charge in [0.1, 0.15) is 5.82 Å². The van der Waals surface area contributed by atoms with Crippen molar-refractivity contribution in [3.63, 3.8) is 0 Å². The minimum atomic E-state index is -0.239. The van der Waals surface area contributed by atoms with Crippen LogP contribution in [0.1, 0.15) is 43.0 Å². The Morgan fingerprint density at radius 1 is 1.11 bits per heavy atom. The predicted octanol–water partition coefficient (Wildman–Crippen LogP) is 1.81. The number of aromatic nitrogens is 4. The normalized spacial score (nSPS) is 21.4. The van der Waals surface area contributed by atoms with Crippen LogP contribution < -0.4 is 0 Å². The van der Waals surface area contributed by atoms with E-state index in [-0.39, 0.29) is 17.6 Å². The van der Waals surface area contributed by atoms with Crippen LogP contribution in [0.5, 0.6) is 0 Å². The lowest BCUT2D eigenvalue weighted by molar-refractivity contribution is -0.133. The number of carbonyl (C=O) groups is 1. The average Bonchev–Trinajstić information content (AvgIpc) is 2.87. The molecule has 144 valence electrons. The Kier molecular flexibility index (Phi) is 5.42. The molecule has 0 aliphatic carbocycles. The van der Waals surface area contributed by atoms with E-state index < -0.39 is 0 Å². The van der Waals surface area contributed by atoms with Crippen LogP contribution in [0, 0.1) is 5.82 Å². The Hall–Kier alpha value is -2.35. The van der Waals surface area contributed by atoms with Crippen molar-refractivity contribution in [2.45, 2.75) is 44.7 Å². The number of hydrogen-bond donors (Lipinski definition) is 0. The number of aryl methyl sites for hydroxylation is 1. The number of tetrazole rings is 1. The molecule has 0 saturated carbocycles. The van der Waals surface area contributed by atoms with Crippen molar-refractivity contribution >= 4 is 5.91 Å². The molecule has 0 unspecified atom stereocenters. The van der Waals surface area contributed by atoms with Crippen molar-refractivity contribution < 1.29 is 9.18 Å². The van der Waals surface area contributed by atoms with E-state index in [4.69, 9.17) is 0 Å². The SMILES string of the molecule is O=C([C@H]1CCCCn2nnnc21)N1CCCN(Cc2cccc(F)c2)CC1. The summed E-state index contributed by atoms with van der Waals surface area (Å²) in [6, 6.07) is 6.74. The number of nitrogens with zero attached hydrogens (tertiary/aromatic N) is 6. The number of amides is 1. The molecule has 1 amide bonds. The van der Waals surface area contributed by atoms with E-state index in [0.29, 0.717) is 18.9 Å². The van der Waals surface area contributed by atoms with Crippen molar-refractivity contribution in [2.24, 2.45) is 0 Å². The van der Waals surface area contributed by atoms with E-state index in [9.17, 15) is 9.18 Å². The van der Waals surface area contributed by atoms with Crippen molar-refractivity contribution in [1.29, 1.82) is 0 Å². The second-order valence-corrected chi connectivity index (χ2v) is 7.39. The maximum Gasteiger partial charge on any atom is 0.233 e. The molecule has 3 heterocycles. The molecule has 1 fully saturated rings. The average molecular weight is 372 g/mol. The van der Waals surface area contributed by atoms with E-state index in [2.05, 4.69) is 20.4 Å². The molecule has 1 saturated heterocycles. The van der Waals surface area contributed by atoms with Gasteiger partial charge in [0.25, 0.3) is 0 Å². The zero-order valence-corrected chi connectivity index (χ0v) is 15.4. The van der Waals surface area contributed by atoms with Gasteiger partial charge in [0.05, 0.1) is 5.92 Å². The molecule has 1 aromatic carbocycles. The van der Waals surface area contributed by atoms with Gasteiger partial charge in [-0.2, -0.15) is 0 Å². The topological polar surface area (TPSA) is 67.2 Å². The van der Waals surface area contributed by atoms with Crippen LogP contribution in [0.3, 0.4) is 0 Å². The lowest BCUT2D eigenvalue weighted by Gasteiger charge is -2.25. The van der Waals surface area contributed by atoms with Crippen molar-refractivity contribution in [1.82, 2.24) is 30.0 Å². The fourth-order valence-electron chi connectivity index (χ4n) is 4.06. The molecule has 27 heavy (non-hydrogen) atoms. The molecular weight excluding hydrogens is 347 g/mol. The van der Waals surface area contributed by atoms with Crippen molar-refractivity contribution in [2.75, 3.05) is 26.2 Å². The number of halogens is 1. The minimum absolute atomic E-state index is 0.139. The molecule has 0 N–H and O–H groups in total. The molecule has 2 aliphatic heterocycles. The molecule has 8 heteroatoms. The van der Waals surface area contributed by atoms with Crippen LogP contribution in [-0.2, 0) is 17.9 Å². The molecule has 0 spiro atoms. The van der Waals surface area contributed by atoms with Gasteiger partial charge in [-0.15, -0.1) is 5.10 Å². The van der Waals surface area contributed by atoms with Crippen molar-refractivity contribution in [3.8, 4) is 0 Å². The molecule has 4 rings (SSSR count). The van der Waals surface area contributed by atoms with Crippen molar-refractivity contribution in [3.05, 3.63) is 41.5 Å². The summed E-state index contributed by atoms with van der Waals surface area (Å²) in [4.78, 5) is 17.4. The minimum Gasteiger partial charge on any atom is -0.341 e. The van der Waals surface area contributed by atoms with Gasteiger partial charge in [-0.3, -0.25) is 9.69 Å². The third-order valence-electron chi connectivity index (χ3n) is 5.48. The lowest BCUT2D eigenvalue weighted by Crippen LogP contribution is -2.38. The summed E-state index contributed by atoms with van der Waals surface area (Å²) in [7, 11) is 0. The fraction of sp³-hybridized carbons (Fsp3) is 0.579. The number of hydrogen-bond acceptors (Lipinski definition) is 5. The summed E-state index contributed by atoms with van der Waals surface area (Å²) in [5.74, 6) is 0.404. The third-order valence-corrected chi connectivity index (χ3v) is 5.48. The predicted molar refractivity (Wildman–Crippen MR) is 97.3 cm³/mol. The maximum absolute atomic E-state index is 13.4. The van der Waals surface area contributed by atoms with Crippen LogP contribution in [0.2, 0.25) is 0 Å². The second-order valence-electron chi connectivity index (χ2n) is 7.39. The summed E-state index contributed by atoms with van der Waals surface area (Å²) in [5, 5.41) is 11.9. The zero-order valence-electron chi connectivity index (χ0n) is 15.4. The molecule has 0 radical (unpaired) electrons. The summed E-state index contributed by atoms with van der Waals surface area (Å²) in [6.45, 7) is 4.63. The van der Waals surface area contributed by atoms with Gasteiger partial charge in [0.2, 0.25) is 5.91 Å². The largest absolute Gasteiger partial charge is 0.341 e. The quantitative estimate of drug-likeness (QED) is 0.822. The lowest BCUT2D eigenvalue weighted by atomic mass is 10.0. The van der Waals surface area contributed by atoms with Gasteiger partial charge < -0.3 is 4.90 Å². The Labute approximate surface area is 158 Å². The summed E-state index contributed by atoms with van der Waals surface area (Å²) in [6.07, 6.45) is 3.73. The standard InChI is InChI=1S/C19H25FN6O/c20-16-6-3-5-15(13-16)14-24-8-4-9-25(12-11-24)19(27)17-7-1-2-10-26-18(17)21-22-23-26/h3,5-6,13,17H,1-2,4,7-12,14H2/t17-/m0/s1. The molecule has 2 aromatic rings. The summed E-state index contributed by atoms with van der Waals surface area (Å²) >= 11 is 0. The highest BCUT2D eigenvalue weighted by Gasteiger charge is 2.32. The van der Waals surface area contributed by atoms with Crippen LogP contribution in [0.4, 0.5) is 4.39 Å². The number of fused-ring (bicyclic) bond motifs is 1. The van der Waals surface area contributed by atoms with Crippen LogP contribution in [0.25, 0.3) is 0 Å². The smallest absolute Gasteiger partial charge is 0.233 e. The molecule has 7 nitrogen and oxygen atoms in total. The van der Waals surface area contributed by atoms with Gasteiger partial charge in [-0.1, -0.05) is 18.6 Å². The van der Waals surface area contributed by atoms with E-state index in [1.54, 1.807) is 16.8 Å². The second kappa shape index (κ2) is 8.12. The van der Waals surface area contributed by atoms with Gasteiger partial charge in [-0.25, -0.2) is 9.07 Å². The highest BCUT2D eigenvalue weighted by molar-refractivity contribution is 5.83. The van der Waals surface area contributed by atoms with E-state index in [1.165, 1.54) is 6.07 Å². The Bertz CT molecular complexity index is 794. The van der Waals surface area contributed by atoms with E-state index in [0.717, 1.165) is 57.4 Å². The Morgan fingerprint density at radius 3 is 2.93 bits per heavy atom. The Morgan fingerprint density at radius 2 is 2.04 bits per heavy atom. The molecule has 1 aromatic heterocycles. The molecular formula is C19H25FN6O. The highest BCUT2D eigenvalue weighted by Crippen LogP contribution is 2.26. The third kappa shape index (κ3) is 4.16. The van der Waals surface area contributed by atoms with Gasteiger partial charge in [0, 0.05) is 39.3 Å². The van der Waals surface area contributed by atoms with Gasteiger partial charge in [0.15, 0.2) is 5.82 Å². The summed E-state index contributed by atoms with van der Waals surface area (Å²) < 4.78 is 15.2. The van der Waals surface area contributed by atoms with Crippen LogP contribution >= 0.6 is 0 Å². The fourth-order valence-corrected chi connectivity index (χ4v) is 4.06.